The smallest absolute Gasteiger partial charge is 0.234 e. The van der Waals surface area contributed by atoms with E-state index in [0.29, 0.717) is 25.4 Å². The van der Waals surface area contributed by atoms with E-state index < -0.39 is 0 Å². The maximum atomic E-state index is 12.8. The molecule has 0 bridgehead atoms. The van der Waals surface area contributed by atoms with E-state index in [4.69, 9.17) is 0 Å². The molecular formula is C17H25FN2O2. The Labute approximate surface area is 131 Å². The highest BCUT2D eigenvalue weighted by Crippen LogP contribution is 2.22. The van der Waals surface area contributed by atoms with Gasteiger partial charge in [0.2, 0.25) is 5.91 Å². The number of rotatable bonds is 6. The summed E-state index contributed by atoms with van der Waals surface area (Å²) in [6.07, 6.45) is 2.86. The summed E-state index contributed by atoms with van der Waals surface area (Å²) in [4.78, 5) is 14.1. The fraction of sp³-hybridized carbons (Fsp3) is 0.588. The second kappa shape index (κ2) is 8.25. The predicted octanol–water partition coefficient (Wildman–Crippen LogP) is 1.58. The summed E-state index contributed by atoms with van der Waals surface area (Å²) >= 11 is 0. The second-order valence-electron chi connectivity index (χ2n) is 6.07. The highest BCUT2D eigenvalue weighted by molar-refractivity contribution is 5.78. The Balaban J connectivity index is 1.74. The molecule has 22 heavy (non-hydrogen) atoms. The third-order valence-electron chi connectivity index (χ3n) is 4.41. The minimum Gasteiger partial charge on any atom is -0.395 e. The van der Waals surface area contributed by atoms with Gasteiger partial charge in [0, 0.05) is 12.6 Å². The summed E-state index contributed by atoms with van der Waals surface area (Å²) in [7, 11) is 0. The molecule has 0 aromatic heterocycles. The molecule has 0 radical (unpaired) electrons. The molecule has 1 aliphatic heterocycles. The van der Waals surface area contributed by atoms with Crippen molar-refractivity contribution in [1.82, 2.24) is 10.2 Å². The van der Waals surface area contributed by atoms with Gasteiger partial charge in [0.1, 0.15) is 5.82 Å². The molecule has 1 aromatic carbocycles. The number of amides is 1. The largest absolute Gasteiger partial charge is 0.395 e. The summed E-state index contributed by atoms with van der Waals surface area (Å²) in [5.41, 5.74) is 1.00. The van der Waals surface area contributed by atoms with E-state index in [-0.39, 0.29) is 24.4 Å². The van der Waals surface area contributed by atoms with Crippen molar-refractivity contribution >= 4 is 5.91 Å². The number of benzene rings is 1. The number of hydrogen-bond donors (Lipinski definition) is 2. The standard InChI is InChI=1S/C17H25FN2O2/c1-13-3-2-10-20(16(13)12-21)11-17(22)19-9-8-14-4-6-15(18)7-5-14/h4-7,13,16,21H,2-3,8-12H2,1H3,(H,19,22). The molecule has 0 spiro atoms. The molecule has 2 rings (SSSR count). The number of aliphatic hydroxyl groups excluding tert-OH is 1. The van der Waals surface area contributed by atoms with Crippen molar-refractivity contribution in [2.24, 2.45) is 5.92 Å². The van der Waals surface area contributed by atoms with Crippen LogP contribution in [0.4, 0.5) is 4.39 Å². The normalized spacial score (nSPS) is 22.5. The van der Waals surface area contributed by atoms with Crippen molar-refractivity contribution < 1.29 is 14.3 Å². The first-order valence-corrected chi connectivity index (χ1v) is 7.96. The van der Waals surface area contributed by atoms with Crippen molar-refractivity contribution in [2.75, 3.05) is 26.2 Å². The van der Waals surface area contributed by atoms with Crippen LogP contribution >= 0.6 is 0 Å². The quantitative estimate of drug-likeness (QED) is 0.839. The van der Waals surface area contributed by atoms with E-state index in [0.717, 1.165) is 24.9 Å². The lowest BCUT2D eigenvalue weighted by Crippen LogP contribution is -2.50. The maximum absolute atomic E-state index is 12.8. The van der Waals surface area contributed by atoms with E-state index in [2.05, 4.69) is 17.1 Å². The Morgan fingerprint density at radius 2 is 2.14 bits per heavy atom. The maximum Gasteiger partial charge on any atom is 0.234 e. The zero-order valence-electron chi connectivity index (χ0n) is 13.1. The topological polar surface area (TPSA) is 52.6 Å². The van der Waals surface area contributed by atoms with Gasteiger partial charge in [0.25, 0.3) is 0 Å². The molecule has 0 saturated carbocycles. The lowest BCUT2D eigenvalue weighted by Gasteiger charge is -2.38. The van der Waals surface area contributed by atoms with Crippen molar-refractivity contribution in [3.63, 3.8) is 0 Å². The molecule has 1 fully saturated rings. The van der Waals surface area contributed by atoms with Crippen LogP contribution in [0.5, 0.6) is 0 Å². The third-order valence-corrected chi connectivity index (χ3v) is 4.41. The van der Waals surface area contributed by atoms with Crippen molar-refractivity contribution in [3.05, 3.63) is 35.6 Å². The van der Waals surface area contributed by atoms with Gasteiger partial charge in [-0.05, 0) is 49.4 Å². The van der Waals surface area contributed by atoms with Crippen LogP contribution in [-0.2, 0) is 11.2 Å². The molecule has 2 atom stereocenters. The van der Waals surface area contributed by atoms with Gasteiger partial charge in [-0.15, -0.1) is 0 Å². The van der Waals surface area contributed by atoms with Crippen molar-refractivity contribution in [1.29, 1.82) is 0 Å². The Kier molecular flexibility index (Phi) is 6.34. The molecule has 1 saturated heterocycles. The Morgan fingerprint density at radius 3 is 2.82 bits per heavy atom. The first-order chi connectivity index (χ1) is 10.6. The van der Waals surface area contributed by atoms with Crippen molar-refractivity contribution in [3.8, 4) is 0 Å². The Hall–Kier alpha value is -1.46. The number of hydrogen-bond acceptors (Lipinski definition) is 3. The Morgan fingerprint density at radius 1 is 1.41 bits per heavy atom. The lowest BCUT2D eigenvalue weighted by molar-refractivity contribution is -0.123. The molecule has 1 aromatic rings. The number of piperidine rings is 1. The van der Waals surface area contributed by atoms with Gasteiger partial charge < -0.3 is 10.4 Å². The van der Waals surface area contributed by atoms with Gasteiger partial charge in [-0.1, -0.05) is 19.1 Å². The highest BCUT2D eigenvalue weighted by Gasteiger charge is 2.28. The predicted molar refractivity (Wildman–Crippen MR) is 84.0 cm³/mol. The number of nitrogens with zero attached hydrogens (tertiary/aromatic N) is 1. The third kappa shape index (κ3) is 4.78. The van der Waals surface area contributed by atoms with Crippen molar-refractivity contribution in [2.45, 2.75) is 32.2 Å². The number of aliphatic hydroxyl groups is 1. The number of carbonyl (C=O) groups excluding carboxylic acids is 1. The molecule has 2 N–H and O–H groups in total. The van der Waals surface area contributed by atoms with Gasteiger partial charge in [-0.25, -0.2) is 4.39 Å². The molecule has 122 valence electrons. The van der Waals surface area contributed by atoms with Crippen LogP contribution in [0.1, 0.15) is 25.3 Å². The van der Waals surface area contributed by atoms with Crippen LogP contribution in [-0.4, -0.2) is 48.2 Å². The van der Waals surface area contributed by atoms with Crippen LogP contribution in [0.3, 0.4) is 0 Å². The van der Waals surface area contributed by atoms with Crippen LogP contribution in [0.25, 0.3) is 0 Å². The molecule has 1 amide bonds. The number of halogens is 1. The van der Waals surface area contributed by atoms with E-state index in [1.807, 2.05) is 0 Å². The first kappa shape index (κ1) is 16.9. The highest BCUT2D eigenvalue weighted by atomic mass is 19.1. The average Bonchev–Trinajstić information content (AvgIpc) is 2.49. The molecule has 2 unspecified atom stereocenters. The van der Waals surface area contributed by atoms with Gasteiger partial charge in [0.15, 0.2) is 0 Å². The van der Waals surface area contributed by atoms with E-state index in [1.165, 1.54) is 12.1 Å². The summed E-state index contributed by atoms with van der Waals surface area (Å²) in [6.45, 7) is 3.96. The zero-order chi connectivity index (χ0) is 15.9. The first-order valence-electron chi connectivity index (χ1n) is 7.96. The summed E-state index contributed by atoms with van der Waals surface area (Å²) in [5, 5.41) is 12.4. The van der Waals surface area contributed by atoms with Gasteiger partial charge in [0.05, 0.1) is 13.2 Å². The summed E-state index contributed by atoms with van der Waals surface area (Å²) in [6, 6.07) is 6.40. The molecule has 0 aliphatic carbocycles. The van der Waals surface area contributed by atoms with Crippen LogP contribution in [0.15, 0.2) is 24.3 Å². The SMILES string of the molecule is CC1CCCN(CC(=O)NCCc2ccc(F)cc2)C1CO. The van der Waals surface area contributed by atoms with E-state index in [1.54, 1.807) is 12.1 Å². The second-order valence-corrected chi connectivity index (χ2v) is 6.07. The summed E-state index contributed by atoms with van der Waals surface area (Å²) < 4.78 is 12.8. The molecule has 5 heteroatoms. The number of nitrogens with one attached hydrogen (secondary N) is 1. The van der Waals surface area contributed by atoms with Crippen LogP contribution in [0.2, 0.25) is 0 Å². The molecule has 4 nitrogen and oxygen atoms in total. The van der Waals surface area contributed by atoms with Gasteiger partial charge in [-0.2, -0.15) is 0 Å². The number of likely N-dealkylation sites (tertiary alicyclic amines) is 1. The van der Waals surface area contributed by atoms with Gasteiger partial charge >= 0.3 is 0 Å². The monoisotopic (exact) mass is 308 g/mol. The fourth-order valence-electron chi connectivity index (χ4n) is 3.06. The van der Waals surface area contributed by atoms with Crippen LogP contribution < -0.4 is 5.32 Å². The molecule has 1 aliphatic rings. The molecular weight excluding hydrogens is 283 g/mol. The zero-order valence-corrected chi connectivity index (χ0v) is 13.1. The van der Waals surface area contributed by atoms with Crippen LogP contribution in [0, 0.1) is 11.7 Å². The average molecular weight is 308 g/mol. The lowest BCUT2D eigenvalue weighted by atomic mass is 9.91. The minimum atomic E-state index is -0.248. The minimum absolute atomic E-state index is 0.0188. The van der Waals surface area contributed by atoms with E-state index in [9.17, 15) is 14.3 Å². The van der Waals surface area contributed by atoms with E-state index >= 15 is 0 Å². The fourth-order valence-corrected chi connectivity index (χ4v) is 3.06. The van der Waals surface area contributed by atoms with Gasteiger partial charge in [-0.3, -0.25) is 9.69 Å². The Bertz CT molecular complexity index is 478. The number of carbonyl (C=O) groups is 1. The molecule has 1 heterocycles. The summed E-state index contributed by atoms with van der Waals surface area (Å²) in [5.74, 6) is 0.155.